The van der Waals surface area contributed by atoms with E-state index in [0.29, 0.717) is 12.5 Å². The van der Waals surface area contributed by atoms with E-state index in [2.05, 4.69) is 18.7 Å². The molecule has 118 valence electrons. The van der Waals surface area contributed by atoms with Crippen molar-refractivity contribution in [2.45, 2.75) is 46.5 Å². The minimum Gasteiger partial charge on any atom is -0.387 e. The summed E-state index contributed by atoms with van der Waals surface area (Å²) in [6.45, 7) is 11.3. The van der Waals surface area contributed by atoms with E-state index in [0.717, 1.165) is 19.0 Å². The maximum atomic E-state index is 11.6. The van der Waals surface area contributed by atoms with Crippen molar-refractivity contribution in [2.75, 3.05) is 39.3 Å². The number of hydrogen-bond acceptors (Lipinski definition) is 3. The fraction of sp³-hybridized carbons (Fsp3) is 0.938. The lowest BCUT2D eigenvalue weighted by molar-refractivity contribution is -0.134. The molecule has 20 heavy (non-hydrogen) atoms. The molecular weight excluding hydrogens is 252 g/mol. The standard InChI is InChI=1S/C16H32N2O2/c1-4-18(16(20)13-19)12-15-6-5-9-17(11-8-15)10-7-14(2)3/h14-15,19H,4-13H2,1-3H3. The summed E-state index contributed by atoms with van der Waals surface area (Å²) >= 11 is 0. The molecule has 4 heteroatoms. The Hall–Kier alpha value is -0.610. The second-order valence-corrected chi connectivity index (χ2v) is 6.41. The number of nitrogens with zero attached hydrogens (tertiary/aromatic N) is 2. The Morgan fingerprint density at radius 3 is 2.70 bits per heavy atom. The average molecular weight is 284 g/mol. The monoisotopic (exact) mass is 284 g/mol. The van der Waals surface area contributed by atoms with Gasteiger partial charge in [-0.25, -0.2) is 0 Å². The van der Waals surface area contributed by atoms with E-state index >= 15 is 0 Å². The number of rotatable bonds is 7. The van der Waals surface area contributed by atoms with Gasteiger partial charge in [0.1, 0.15) is 6.61 Å². The van der Waals surface area contributed by atoms with E-state index in [-0.39, 0.29) is 12.5 Å². The van der Waals surface area contributed by atoms with Gasteiger partial charge in [0.05, 0.1) is 0 Å². The molecule has 1 amide bonds. The second kappa shape index (κ2) is 9.35. The predicted molar refractivity (Wildman–Crippen MR) is 82.6 cm³/mol. The Morgan fingerprint density at radius 1 is 1.35 bits per heavy atom. The van der Waals surface area contributed by atoms with Crippen LogP contribution in [0.5, 0.6) is 0 Å². The summed E-state index contributed by atoms with van der Waals surface area (Å²) in [7, 11) is 0. The molecule has 1 saturated heterocycles. The third-order valence-corrected chi connectivity index (χ3v) is 4.31. The smallest absolute Gasteiger partial charge is 0.248 e. The minimum absolute atomic E-state index is 0.131. The number of carbonyl (C=O) groups is 1. The van der Waals surface area contributed by atoms with Crippen LogP contribution in [0.1, 0.15) is 46.5 Å². The topological polar surface area (TPSA) is 43.8 Å². The number of likely N-dealkylation sites (N-methyl/N-ethyl adjacent to an activating group) is 1. The zero-order chi connectivity index (χ0) is 15.0. The normalized spacial score (nSPS) is 20.9. The summed E-state index contributed by atoms with van der Waals surface area (Å²) in [4.78, 5) is 16.0. The van der Waals surface area contributed by atoms with Gasteiger partial charge in [0, 0.05) is 13.1 Å². The number of aliphatic hydroxyl groups excluding tert-OH is 1. The van der Waals surface area contributed by atoms with E-state index in [1.807, 2.05) is 6.92 Å². The van der Waals surface area contributed by atoms with Crippen LogP contribution in [0, 0.1) is 11.8 Å². The van der Waals surface area contributed by atoms with Crippen molar-refractivity contribution in [3.63, 3.8) is 0 Å². The highest BCUT2D eigenvalue weighted by molar-refractivity contribution is 5.77. The van der Waals surface area contributed by atoms with Crippen LogP contribution in [-0.4, -0.2) is 60.1 Å². The van der Waals surface area contributed by atoms with Crippen molar-refractivity contribution in [1.29, 1.82) is 0 Å². The van der Waals surface area contributed by atoms with E-state index in [1.54, 1.807) is 4.90 Å². The zero-order valence-corrected chi connectivity index (χ0v) is 13.5. The maximum absolute atomic E-state index is 11.6. The SMILES string of the molecule is CCN(CC1CCCN(CCC(C)C)CC1)C(=O)CO. The number of amides is 1. The van der Waals surface area contributed by atoms with E-state index in [4.69, 9.17) is 5.11 Å². The Balaban J connectivity index is 2.37. The summed E-state index contributed by atoms with van der Waals surface area (Å²) in [5.74, 6) is 1.23. The van der Waals surface area contributed by atoms with Crippen molar-refractivity contribution in [1.82, 2.24) is 9.80 Å². The summed E-state index contributed by atoms with van der Waals surface area (Å²) in [5, 5.41) is 8.99. The van der Waals surface area contributed by atoms with Crippen molar-refractivity contribution in [2.24, 2.45) is 11.8 Å². The molecule has 1 heterocycles. The number of carbonyl (C=O) groups excluding carboxylic acids is 1. The van der Waals surface area contributed by atoms with Gasteiger partial charge in [0.15, 0.2) is 0 Å². The van der Waals surface area contributed by atoms with Crippen LogP contribution in [0.2, 0.25) is 0 Å². The van der Waals surface area contributed by atoms with Crippen LogP contribution < -0.4 is 0 Å². The van der Waals surface area contributed by atoms with Crippen LogP contribution >= 0.6 is 0 Å². The molecule has 1 atom stereocenters. The molecule has 0 aromatic carbocycles. The Labute approximate surface area is 124 Å². The van der Waals surface area contributed by atoms with Crippen LogP contribution in [-0.2, 0) is 4.79 Å². The first-order valence-electron chi connectivity index (χ1n) is 8.17. The Kier molecular flexibility index (Phi) is 8.15. The van der Waals surface area contributed by atoms with Gasteiger partial charge in [-0.05, 0) is 64.1 Å². The quantitative estimate of drug-likeness (QED) is 0.777. The third kappa shape index (κ3) is 6.23. The minimum atomic E-state index is -0.360. The van der Waals surface area contributed by atoms with Gasteiger partial charge in [-0.15, -0.1) is 0 Å². The Morgan fingerprint density at radius 2 is 2.10 bits per heavy atom. The molecular formula is C16H32N2O2. The fourth-order valence-electron chi connectivity index (χ4n) is 2.89. The molecule has 0 radical (unpaired) electrons. The molecule has 0 aromatic heterocycles. The first-order valence-corrected chi connectivity index (χ1v) is 8.17. The molecule has 1 aliphatic heterocycles. The lowest BCUT2D eigenvalue weighted by atomic mass is 10.00. The van der Waals surface area contributed by atoms with Crippen molar-refractivity contribution in [3.8, 4) is 0 Å². The fourth-order valence-corrected chi connectivity index (χ4v) is 2.89. The van der Waals surface area contributed by atoms with E-state index in [9.17, 15) is 4.79 Å². The highest BCUT2D eigenvalue weighted by Crippen LogP contribution is 2.19. The number of likely N-dealkylation sites (tertiary alicyclic amines) is 1. The summed E-state index contributed by atoms with van der Waals surface area (Å²) < 4.78 is 0. The van der Waals surface area contributed by atoms with Crippen molar-refractivity contribution in [3.05, 3.63) is 0 Å². The van der Waals surface area contributed by atoms with E-state index < -0.39 is 0 Å². The van der Waals surface area contributed by atoms with Gasteiger partial charge >= 0.3 is 0 Å². The van der Waals surface area contributed by atoms with Crippen molar-refractivity contribution < 1.29 is 9.90 Å². The highest BCUT2D eigenvalue weighted by atomic mass is 16.3. The number of aliphatic hydroxyl groups is 1. The molecule has 0 aliphatic carbocycles. The Bertz CT molecular complexity index is 282. The average Bonchev–Trinajstić information content (AvgIpc) is 2.66. The van der Waals surface area contributed by atoms with Crippen LogP contribution in [0.4, 0.5) is 0 Å². The molecule has 4 nitrogen and oxygen atoms in total. The van der Waals surface area contributed by atoms with Gasteiger partial charge in [0.25, 0.3) is 0 Å². The van der Waals surface area contributed by atoms with Crippen LogP contribution in [0.3, 0.4) is 0 Å². The zero-order valence-electron chi connectivity index (χ0n) is 13.5. The maximum Gasteiger partial charge on any atom is 0.248 e. The molecule has 1 fully saturated rings. The van der Waals surface area contributed by atoms with Gasteiger partial charge in [0.2, 0.25) is 5.91 Å². The van der Waals surface area contributed by atoms with Crippen molar-refractivity contribution >= 4 is 5.91 Å². The van der Waals surface area contributed by atoms with E-state index in [1.165, 1.54) is 38.8 Å². The number of hydrogen-bond donors (Lipinski definition) is 1. The highest BCUT2D eigenvalue weighted by Gasteiger charge is 2.21. The first-order chi connectivity index (χ1) is 9.56. The first kappa shape index (κ1) is 17.4. The lowest BCUT2D eigenvalue weighted by Gasteiger charge is -2.25. The predicted octanol–water partition coefficient (Wildman–Crippen LogP) is 1.98. The second-order valence-electron chi connectivity index (χ2n) is 6.41. The molecule has 1 unspecified atom stereocenters. The van der Waals surface area contributed by atoms with Gasteiger partial charge < -0.3 is 14.9 Å². The summed E-state index contributed by atoms with van der Waals surface area (Å²) in [6.07, 6.45) is 4.88. The van der Waals surface area contributed by atoms with Gasteiger partial charge in [-0.2, -0.15) is 0 Å². The van der Waals surface area contributed by atoms with Gasteiger partial charge in [-0.1, -0.05) is 13.8 Å². The molecule has 0 aromatic rings. The lowest BCUT2D eigenvalue weighted by Crippen LogP contribution is -2.37. The molecule has 1 aliphatic rings. The molecule has 1 N–H and O–H groups in total. The molecule has 0 spiro atoms. The van der Waals surface area contributed by atoms with Gasteiger partial charge in [-0.3, -0.25) is 4.79 Å². The molecule has 0 bridgehead atoms. The van der Waals surface area contributed by atoms with Crippen LogP contribution in [0.15, 0.2) is 0 Å². The third-order valence-electron chi connectivity index (χ3n) is 4.31. The molecule has 1 rings (SSSR count). The van der Waals surface area contributed by atoms with Crippen LogP contribution in [0.25, 0.3) is 0 Å². The molecule has 0 saturated carbocycles. The summed E-state index contributed by atoms with van der Waals surface area (Å²) in [6, 6.07) is 0. The summed E-state index contributed by atoms with van der Waals surface area (Å²) in [5.41, 5.74) is 0. The largest absolute Gasteiger partial charge is 0.387 e.